The van der Waals surface area contributed by atoms with Gasteiger partial charge in [-0.2, -0.15) is 0 Å². The Morgan fingerprint density at radius 2 is 1.83 bits per heavy atom. The Morgan fingerprint density at radius 3 is 2.35 bits per heavy atom. The predicted molar refractivity (Wildman–Crippen MR) is 89.6 cm³/mol. The largest absolute Gasteiger partial charge is 0.468 e. The number of aryl methyl sites for hydroxylation is 2. The third-order valence-corrected chi connectivity index (χ3v) is 4.10. The molecule has 2 N–H and O–H groups in total. The lowest BCUT2D eigenvalue weighted by molar-refractivity contribution is -0.141. The summed E-state index contributed by atoms with van der Waals surface area (Å²) in [7, 11) is 2.91. The van der Waals surface area contributed by atoms with Gasteiger partial charge in [-0.15, -0.1) is 11.8 Å². The Hall–Kier alpha value is -1.57. The molecule has 1 rings (SSSR count). The van der Waals surface area contributed by atoms with Crippen molar-refractivity contribution in [1.82, 2.24) is 0 Å². The minimum atomic E-state index is -0.741. The van der Waals surface area contributed by atoms with Crippen LogP contribution in [0.25, 0.3) is 0 Å². The zero-order valence-corrected chi connectivity index (χ0v) is 14.7. The van der Waals surface area contributed by atoms with Gasteiger partial charge < -0.3 is 19.9 Å². The summed E-state index contributed by atoms with van der Waals surface area (Å²) in [5, 5.41) is 0. The van der Waals surface area contributed by atoms with E-state index in [0.717, 1.165) is 16.7 Å². The minimum absolute atomic E-state index is 0.114. The first-order chi connectivity index (χ1) is 10.9. The molecule has 0 aromatic heterocycles. The van der Waals surface area contributed by atoms with Crippen LogP contribution in [0.4, 0.5) is 0 Å². The number of methoxy groups -OCH3 is 2. The van der Waals surface area contributed by atoms with E-state index >= 15 is 0 Å². The molecule has 1 unspecified atom stereocenters. The van der Waals surface area contributed by atoms with E-state index in [9.17, 15) is 9.59 Å². The molecule has 1 aromatic carbocycles. The second-order valence-corrected chi connectivity index (χ2v) is 6.14. The maximum absolute atomic E-state index is 11.9. The molecule has 1 atom stereocenters. The van der Waals surface area contributed by atoms with E-state index in [1.54, 1.807) is 7.11 Å². The lowest BCUT2D eigenvalue weighted by Gasteiger charge is -2.13. The summed E-state index contributed by atoms with van der Waals surface area (Å²) in [6, 6.07) is 3.12. The zero-order chi connectivity index (χ0) is 17.4. The maximum atomic E-state index is 11.9. The molecule has 0 saturated carbocycles. The first-order valence-electron chi connectivity index (χ1n) is 7.10. The van der Waals surface area contributed by atoms with Gasteiger partial charge >= 0.3 is 11.9 Å². The summed E-state index contributed by atoms with van der Waals surface area (Å²) >= 11 is 1.24. The molecule has 0 bridgehead atoms. The second kappa shape index (κ2) is 9.54. The Labute approximate surface area is 140 Å². The van der Waals surface area contributed by atoms with Crippen LogP contribution < -0.4 is 10.5 Å². The maximum Gasteiger partial charge on any atom is 0.323 e. The zero-order valence-electron chi connectivity index (χ0n) is 13.9. The number of nitrogens with two attached hydrogens (primary N) is 1. The van der Waals surface area contributed by atoms with Crippen LogP contribution in [0.3, 0.4) is 0 Å². The van der Waals surface area contributed by atoms with Crippen LogP contribution in [-0.2, 0) is 25.7 Å². The number of carbonyl (C=O) groups is 2. The van der Waals surface area contributed by atoms with Crippen LogP contribution in [0.5, 0.6) is 5.75 Å². The van der Waals surface area contributed by atoms with E-state index in [2.05, 4.69) is 4.74 Å². The number of rotatable bonds is 8. The number of hydrogen-bond donors (Lipinski definition) is 1. The Morgan fingerprint density at radius 1 is 1.22 bits per heavy atom. The average molecular weight is 341 g/mol. The highest BCUT2D eigenvalue weighted by Crippen LogP contribution is 2.25. The normalized spacial score (nSPS) is 11.9. The highest BCUT2D eigenvalue weighted by Gasteiger charge is 2.16. The number of hydrogen-bond acceptors (Lipinski definition) is 7. The van der Waals surface area contributed by atoms with Gasteiger partial charge in [-0.1, -0.05) is 12.1 Å². The van der Waals surface area contributed by atoms with E-state index in [1.807, 2.05) is 26.0 Å². The lowest BCUT2D eigenvalue weighted by Crippen LogP contribution is -2.34. The van der Waals surface area contributed by atoms with E-state index in [1.165, 1.54) is 18.9 Å². The Balaban J connectivity index is 2.56. The molecule has 0 heterocycles. The van der Waals surface area contributed by atoms with Gasteiger partial charge in [-0.05, 0) is 30.5 Å². The highest BCUT2D eigenvalue weighted by atomic mass is 32.2. The second-order valence-electron chi connectivity index (χ2n) is 5.11. The molecule has 0 aliphatic heterocycles. The van der Waals surface area contributed by atoms with Gasteiger partial charge in [0.25, 0.3) is 0 Å². The monoisotopic (exact) mass is 341 g/mol. The number of benzene rings is 1. The smallest absolute Gasteiger partial charge is 0.323 e. The van der Waals surface area contributed by atoms with Crippen LogP contribution >= 0.6 is 11.8 Å². The quantitative estimate of drug-likeness (QED) is 0.567. The fourth-order valence-electron chi connectivity index (χ4n) is 2.08. The van der Waals surface area contributed by atoms with Gasteiger partial charge in [-0.3, -0.25) is 9.59 Å². The first kappa shape index (κ1) is 19.5. The van der Waals surface area contributed by atoms with Crippen LogP contribution in [0, 0.1) is 13.8 Å². The van der Waals surface area contributed by atoms with Crippen LogP contribution in [0.2, 0.25) is 0 Å². The van der Waals surface area contributed by atoms with Crippen LogP contribution in [0.15, 0.2) is 12.1 Å². The van der Waals surface area contributed by atoms with Gasteiger partial charge in [0.15, 0.2) is 0 Å². The summed E-state index contributed by atoms with van der Waals surface area (Å²) < 4.78 is 15.0. The average Bonchev–Trinajstić information content (AvgIpc) is 2.50. The number of ether oxygens (including phenoxy) is 3. The summed E-state index contributed by atoms with van der Waals surface area (Å²) in [4.78, 5) is 23.1. The van der Waals surface area contributed by atoms with E-state index < -0.39 is 12.0 Å². The minimum Gasteiger partial charge on any atom is -0.468 e. The number of esters is 2. The van der Waals surface area contributed by atoms with Crippen molar-refractivity contribution in [2.24, 2.45) is 5.73 Å². The van der Waals surface area contributed by atoms with Gasteiger partial charge in [0.2, 0.25) is 0 Å². The fraction of sp³-hybridized carbons (Fsp3) is 0.500. The molecule has 128 valence electrons. The SMILES string of the molecule is COCc1cc(C)c(OC(=O)CSCC(N)C(=O)OC)c(C)c1. The molecule has 0 fully saturated rings. The summed E-state index contributed by atoms with van der Waals surface area (Å²) in [5.74, 6) is 0.104. The van der Waals surface area contributed by atoms with E-state index in [-0.39, 0.29) is 11.7 Å². The molecule has 0 spiro atoms. The van der Waals surface area contributed by atoms with Crippen molar-refractivity contribution in [2.45, 2.75) is 26.5 Å². The van der Waals surface area contributed by atoms with Gasteiger partial charge in [0.1, 0.15) is 11.8 Å². The fourth-order valence-corrected chi connectivity index (χ4v) is 2.82. The molecule has 1 aromatic rings. The van der Waals surface area contributed by atoms with Crippen molar-refractivity contribution in [3.63, 3.8) is 0 Å². The van der Waals surface area contributed by atoms with Gasteiger partial charge in [0, 0.05) is 12.9 Å². The summed E-state index contributed by atoms with van der Waals surface area (Å²) in [6.45, 7) is 4.28. The standard InChI is InChI=1S/C16H23NO5S/c1-10-5-12(7-20-3)6-11(2)15(10)22-14(18)9-23-8-13(17)16(19)21-4/h5-6,13H,7-9,17H2,1-4H3. The number of thioether (sulfide) groups is 1. The molecule has 0 aliphatic rings. The molecule has 7 heteroatoms. The third-order valence-electron chi connectivity index (χ3n) is 3.07. The van der Waals surface area contributed by atoms with Gasteiger partial charge in [0.05, 0.1) is 19.5 Å². The van der Waals surface area contributed by atoms with Crippen molar-refractivity contribution >= 4 is 23.7 Å². The van der Waals surface area contributed by atoms with Crippen molar-refractivity contribution in [2.75, 3.05) is 25.7 Å². The molecule has 23 heavy (non-hydrogen) atoms. The Bertz CT molecular complexity index is 538. The van der Waals surface area contributed by atoms with E-state index in [0.29, 0.717) is 18.1 Å². The summed E-state index contributed by atoms with van der Waals surface area (Å²) in [5.41, 5.74) is 8.38. The van der Waals surface area contributed by atoms with Crippen LogP contribution in [0.1, 0.15) is 16.7 Å². The van der Waals surface area contributed by atoms with Crippen molar-refractivity contribution in [3.05, 3.63) is 28.8 Å². The van der Waals surface area contributed by atoms with E-state index in [4.69, 9.17) is 15.2 Å². The van der Waals surface area contributed by atoms with Crippen molar-refractivity contribution in [1.29, 1.82) is 0 Å². The summed E-state index contributed by atoms with van der Waals surface area (Å²) in [6.07, 6.45) is 0. The molecule has 6 nitrogen and oxygen atoms in total. The highest BCUT2D eigenvalue weighted by molar-refractivity contribution is 8.00. The molecule has 0 saturated heterocycles. The first-order valence-corrected chi connectivity index (χ1v) is 8.25. The molecular formula is C16H23NO5S. The third kappa shape index (κ3) is 6.21. The lowest BCUT2D eigenvalue weighted by atomic mass is 10.1. The Kier molecular flexibility index (Phi) is 8.08. The molecule has 0 aliphatic carbocycles. The van der Waals surface area contributed by atoms with Crippen molar-refractivity contribution < 1.29 is 23.8 Å². The van der Waals surface area contributed by atoms with Crippen LogP contribution in [-0.4, -0.2) is 43.7 Å². The predicted octanol–water partition coefficient (Wildman–Crippen LogP) is 1.59. The molecule has 0 amide bonds. The topological polar surface area (TPSA) is 87.9 Å². The molecule has 0 radical (unpaired) electrons. The number of carbonyl (C=O) groups excluding carboxylic acids is 2. The van der Waals surface area contributed by atoms with Crippen molar-refractivity contribution in [3.8, 4) is 5.75 Å². The van der Waals surface area contributed by atoms with Gasteiger partial charge in [-0.25, -0.2) is 0 Å². The molecular weight excluding hydrogens is 318 g/mol.